The van der Waals surface area contributed by atoms with Gasteiger partial charge in [-0.3, -0.25) is 4.57 Å². The maximum absolute atomic E-state index is 11.1. The smallest absolute Gasteiger partial charge is 0.313 e. The largest absolute Gasteiger partial charge is 0.313 e. The molecule has 1 aliphatic rings. The summed E-state index contributed by atoms with van der Waals surface area (Å²) in [6.07, 6.45) is 1.82. The van der Waals surface area contributed by atoms with Crippen molar-refractivity contribution in [3.63, 3.8) is 0 Å². The molecule has 0 radical (unpaired) electrons. The van der Waals surface area contributed by atoms with Gasteiger partial charge in [0, 0.05) is 5.75 Å². The number of hydrogen-bond acceptors (Lipinski definition) is 4. The van der Waals surface area contributed by atoms with Crippen molar-refractivity contribution in [1.29, 1.82) is 0 Å². The van der Waals surface area contributed by atoms with Crippen LogP contribution >= 0.6 is 28.5 Å². The lowest BCUT2D eigenvalue weighted by Gasteiger charge is -2.01. The fourth-order valence-electron chi connectivity index (χ4n) is 0.441. The van der Waals surface area contributed by atoms with E-state index in [-0.39, 0.29) is 0 Å². The molecule has 0 amide bonds. The Morgan fingerprint density at radius 2 is 2.62 bits per heavy atom. The molecule has 8 heavy (non-hydrogen) atoms. The van der Waals surface area contributed by atoms with Gasteiger partial charge in [-0.2, -0.15) is 0 Å². The van der Waals surface area contributed by atoms with E-state index in [1.165, 1.54) is 22.8 Å². The van der Waals surface area contributed by atoms with Crippen molar-refractivity contribution in [2.24, 2.45) is 0 Å². The van der Waals surface area contributed by atoms with Gasteiger partial charge in [-0.05, 0) is 6.26 Å². The van der Waals surface area contributed by atoms with Gasteiger partial charge in [-0.1, -0.05) is 22.8 Å². The Labute approximate surface area is 56.7 Å². The SMILES string of the molecule is CSP1(=O)OCCS1. The Morgan fingerprint density at radius 1 is 1.88 bits per heavy atom. The minimum Gasteiger partial charge on any atom is -0.313 e. The first-order chi connectivity index (χ1) is 3.77. The summed E-state index contributed by atoms with van der Waals surface area (Å²) in [4.78, 5) is 0. The first-order valence-corrected chi connectivity index (χ1v) is 7.26. The predicted molar refractivity (Wildman–Crippen MR) is 39.5 cm³/mol. The molecule has 1 aliphatic heterocycles. The first kappa shape index (κ1) is 7.00. The van der Waals surface area contributed by atoms with Gasteiger partial charge in [0.05, 0.1) is 6.61 Å². The third kappa shape index (κ3) is 1.44. The normalized spacial score (nSPS) is 38.1. The molecule has 1 saturated heterocycles. The summed E-state index contributed by atoms with van der Waals surface area (Å²) in [7, 11) is 0. The summed E-state index contributed by atoms with van der Waals surface area (Å²) in [6, 6.07) is 0. The number of rotatable bonds is 1. The van der Waals surface area contributed by atoms with E-state index >= 15 is 0 Å². The van der Waals surface area contributed by atoms with Gasteiger partial charge >= 0.3 is 5.77 Å². The van der Waals surface area contributed by atoms with Crippen LogP contribution in [-0.2, 0) is 9.09 Å². The van der Waals surface area contributed by atoms with Crippen LogP contribution in [0.3, 0.4) is 0 Å². The summed E-state index contributed by atoms with van der Waals surface area (Å²) in [5, 5.41) is 0. The molecular weight excluding hydrogens is 163 g/mol. The van der Waals surface area contributed by atoms with Crippen LogP contribution in [0, 0.1) is 0 Å². The van der Waals surface area contributed by atoms with Crippen molar-refractivity contribution >= 4 is 28.5 Å². The fraction of sp³-hybridized carbons (Fsp3) is 1.00. The van der Waals surface area contributed by atoms with Gasteiger partial charge in [-0.15, -0.1) is 0 Å². The lowest BCUT2D eigenvalue weighted by molar-refractivity contribution is 0.370. The molecule has 0 bridgehead atoms. The van der Waals surface area contributed by atoms with Crippen LogP contribution < -0.4 is 0 Å². The van der Waals surface area contributed by atoms with Crippen molar-refractivity contribution in [3.8, 4) is 0 Å². The summed E-state index contributed by atoms with van der Waals surface area (Å²) < 4.78 is 16.1. The average Bonchev–Trinajstić information content (AvgIpc) is 2.17. The van der Waals surface area contributed by atoms with E-state index < -0.39 is 5.77 Å². The fourth-order valence-corrected chi connectivity index (χ4v) is 5.36. The van der Waals surface area contributed by atoms with Crippen molar-refractivity contribution in [1.82, 2.24) is 0 Å². The molecular formula is C3H7O2PS2. The molecule has 0 N–H and O–H groups in total. The van der Waals surface area contributed by atoms with Gasteiger partial charge in [0.15, 0.2) is 0 Å². The molecule has 0 aromatic rings. The third-order valence-corrected chi connectivity index (χ3v) is 8.18. The topological polar surface area (TPSA) is 26.3 Å². The predicted octanol–water partition coefficient (Wildman–Crippen LogP) is 2.22. The molecule has 1 heterocycles. The van der Waals surface area contributed by atoms with Gasteiger partial charge in [-0.25, -0.2) is 0 Å². The minimum atomic E-state index is -2.22. The molecule has 0 spiro atoms. The van der Waals surface area contributed by atoms with Crippen molar-refractivity contribution in [2.45, 2.75) is 0 Å². The summed E-state index contributed by atoms with van der Waals surface area (Å²) in [6.45, 7) is 0.656. The Kier molecular flexibility index (Phi) is 2.32. The highest BCUT2D eigenvalue weighted by atomic mass is 33.1. The van der Waals surface area contributed by atoms with Gasteiger partial charge in [0.1, 0.15) is 0 Å². The molecule has 0 aromatic carbocycles. The zero-order valence-corrected chi connectivity index (χ0v) is 7.02. The monoisotopic (exact) mass is 170 g/mol. The summed E-state index contributed by atoms with van der Waals surface area (Å²) in [5.41, 5.74) is 0. The van der Waals surface area contributed by atoms with E-state index in [0.29, 0.717) is 6.61 Å². The van der Waals surface area contributed by atoms with Gasteiger partial charge < -0.3 is 4.52 Å². The molecule has 1 rings (SSSR count). The minimum absolute atomic E-state index is 0.656. The molecule has 1 fully saturated rings. The summed E-state index contributed by atoms with van der Waals surface area (Å²) in [5.74, 6) is -1.33. The van der Waals surface area contributed by atoms with Gasteiger partial charge in [0.25, 0.3) is 0 Å². The van der Waals surface area contributed by atoms with E-state index in [0.717, 1.165) is 5.75 Å². The second-order valence-corrected chi connectivity index (χ2v) is 8.93. The van der Waals surface area contributed by atoms with Crippen LogP contribution in [0.2, 0.25) is 0 Å². The Hall–Kier alpha value is 0.890. The molecule has 2 nitrogen and oxygen atoms in total. The van der Waals surface area contributed by atoms with Crippen LogP contribution in [0.15, 0.2) is 0 Å². The Balaban J connectivity index is 2.53. The molecule has 0 saturated carbocycles. The highest BCUT2D eigenvalue weighted by Crippen LogP contribution is 2.71. The van der Waals surface area contributed by atoms with Crippen molar-refractivity contribution < 1.29 is 9.09 Å². The maximum atomic E-state index is 11.1. The molecule has 1 unspecified atom stereocenters. The standard InChI is InChI=1S/C3H7O2PS2/c1-7-6(4)5-2-3-8-6/h2-3H2,1H3. The summed E-state index contributed by atoms with van der Waals surface area (Å²) >= 11 is 2.77. The number of hydrogen-bond donors (Lipinski definition) is 0. The van der Waals surface area contributed by atoms with Crippen LogP contribution in [0.25, 0.3) is 0 Å². The van der Waals surface area contributed by atoms with E-state index in [2.05, 4.69) is 0 Å². The lowest BCUT2D eigenvalue weighted by atomic mass is 10.9. The molecule has 48 valence electrons. The van der Waals surface area contributed by atoms with Crippen LogP contribution in [-0.4, -0.2) is 18.6 Å². The van der Waals surface area contributed by atoms with E-state index in [1.807, 2.05) is 6.26 Å². The maximum Gasteiger partial charge on any atom is 0.313 e. The first-order valence-electron chi connectivity index (χ1n) is 2.22. The average molecular weight is 170 g/mol. The quantitative estimate of drug-likeness (QED) is 0.564. The second kappa shape index (κ2) is 2.65. The Morgan fingerprint density at radius 3 is 2.88 bits per heavy atom. The second-order valence-electron chi connectivity index (χ2n) is 1.30. The highest BCUT2D eigenvalue weighted by Gasteiger charge is 2.27. The Bertz CT molecular complexity index is 116. The molecule has 1 atom stereocenters. The van der Waals surface area contributed by atoms with Crippen LogP contribution in [0.5, 0.6) is 0 Å². The van der Waals surface area contributed by atoms with E-state index in [4.69, 9.17) is 4.52 Å². The van der Waals surface area contributed by atoms with Gasteiger partial charge in [0.2, 0.25) is 0 Å². The third-order valence-electron chi connectivity index (χ3n) is 0.806. The van der Waals surface area contributed by atoms with Crippen LogP contribution in [0.4, 0.5) is 0 Å². The van der Waals surface area contributed by atoms with Crippen molar-refractivity contribution in [2.75, 3.05) is 18.6 Å². The molecule has 0 aliphatic carbocycles. The van der Waals surface area contributed by atoms with E-state index in [1.54, 1.807) is 0 Å². The van der Waals surface area contributed by atoms with Crippen LogP contribution in [0.1, 0.15) is 0 Å². The zero-order chi connectivity index (χ0) is 6.04. The van der Waals surface area contributed by atoms with Crippen molar-refractivity contribution in [3.05, 3.63) is 0 Å². The molecule has 5 heteroatoms. The lowest BCUT2D eigenvalue weighted by Crippen LogP contribution is -1.76. The zero-order valence-electron chi connectivity index (χ0n) is 4.49. The van der Waals surface area contributed by atoms with E-state index in [9.17, 15) is 4.57 Å². The molecule has 0 aromatic heterocycles. The highest BCUT2D eigenvalue weighted by molar-refractivity contribution is 8.89.